The number of nitrogens with two attached hydrogens (primary N) is 1. The number of hydrogen-bond donors (Lipinski definition) is 7. The Kier molecular flexibility index (Phi) is 30.8. The Morgan fingerprint density at radius 3 is 1.76 bits per heavy atom. The summed E-state index contributed by atoms with van der Waals surface area (Å²) in [5, 5.41) is 63.0. The van der Waals surface area contributed by atoms with Crippen LogP contribution in [0, 0.1) is 0 Å². The molecular formula is C54H73GaN12O18. The van der Waals surface area contributed by atoms with Crippen molar-refractivity contribution in [2.75, 3.05) is 135 Å². The summed E-state index contributed by atoms with van der Waals surface area (Å²) in [7, 11) is 0. The number of amides is 1. The number of nitrogens with zero attached hydrogens (tertiary/aromatic N) is 7. The first-order chi connectivity index (χ1) is 40.3. The van der Waals surface area contributed by atoms with Crippen molar-refractivity contribution >= 4 is 89.8 Å². The molecule has 2 aromatic heterocycles. The van der Waals surface area contributed by atoms with Crippen LogP contribution < -0.4 is 53.4 Å². The van der Waals surface area contributed by atoms with Gasteiger partial charge in [0, 0.05) is 121 Å². The number of benzene rings is 1. The molecule has 0 bridgehead atoms. The second-order valence-corrected chi connectivity index (χ2v) is 20.0. The summed E-state index contributed by atoms with van der Waals surface area (Å²) < 4.78 is 16.8. The SMILES string of the molecule is Nc1nc2ncc(CNc3ccc(C(=O)N[C@@H](CCC(=O)CCCCOCCOCCOCCCCc4c(NCCCC(C(=O)O)N5CCN(CC(=O)[O-])CCN(CC(=O)[O-])CCN(CC(=O)[O-])CC5)c(=O)c4=O)C(=O)O)cc3)nc2c(=O)[nH]1.[Ga+3]. The van der Waals surface area contributed by atoms with E-state index in [4.69, 9.17) is 19.9 Å². The number of ketones is 1. The summed E-state index contributed by atoms with van der Waals surface area (Å²) in [6.07, 6.45) is 4.53. The zero-order valence-corrected chi connectivity index (χ0v) is 49.7. The summed E-state index contributed by atoms with van der Waals surface area (Å²) in [6.45, 7) is 1.75. The smallest absolute Gasteiger partial charge is 0.549 e. The summed E-state index contributed by atoms with van der Waals surface area (Å²) in [4.78, 5) is 142. The molecule has 1 unspecified atom stereocenters. The van der Waals surface area contributed by atoms with Gasteiger partial charge in [0.25, 0.3) is 11.5 Å². The van der Waals surface area contributed by atoms with Gasteiger partial charge in [0.15, 0.2) is 11.2 Å². The van der Waals surface area contributed by atoms with Crippen LogP contribution in [0.2, 0.25) is 0 Å². The van der Waals surface area contributed by atoms with Gasteiger partial charge in [0.1, 0.15) is 17.9 Å². The van der Waals surface area contributed by atoms with E-state index in [0.717, 1.165) is 0 Å². The van der Waals surface area contributed by atoms with Crippen molar-refractivity contribution in [3.8, 4) is 0 Å². The van der Waals surface area contributed by atoms with Gasteiger partial charge in [-0.15, -0.1) is 0 Å². The summed E-state index contributed by atoms with van der Waals surface area (Å²) >= 11 is 0. The van der Waals surface area contributed by atoms with Crippen molar-refractivity contribution < 1.29 is 73.3 Å². The maximum atomic E-state index is 12.9. The van der Waals surface area contributed by atoms with Crippen molar-refractivity contribution in [3.63, 3.8) is 0 Å². The van der Waals surface area contributed by atoms with Gasteiger partial charge in [-0.1, -0.05) is 0 Å². The van der Waals surface area contributed by atoms with Crippen LogP contribution in [0.25, 0.3) is 11.2 Å². The van der Waals surface area contributed by atoms with E-state index < -0.39 is 83.9 Å². The first-order valence-electron chi connectivity index (χ1n) is 27.7. The maximum Gasteiger partial charge on any atom is 3.00 e. The third kappa shape index (κ3) is 25.1. The average molecular weight is 1250 g/mol. The van der Waals surface area contributed by atoms with Gasteiger partial charge in [-0.05, 0) is 75.6 Å². The van der Waals surface area contributed by atoms with E-state index in [0.29, 0.717) is 88.7 Å². The molecule has 1 amide bonds. The first-order valence-corrected chi connectivity index (χ1v) is 27.7. The number of unbranched alkanes of at least 4 members (excludes halogenated alkanes) is 2. The van der Waals surface area contributed by atoms with Gasteiger partial charge in [-0.2, -0.15) is 4.98 Å². The topological polar surface area (TPSA) is 438 Å². The number of Topliss-reactive ketones (excluding diaryl/α,β-unsaturated/α-hetero) is 1. The molecule has 460 valence electrons. The van der Waals surface area contributed by atoms with Gasteiger partial charge < -0.3 is 75.8 Å². The molecule has 0 saturated carbocycles. The summed E-state index contributed by atoms with van der Waals surface area (Å²) in [5.41, 5.74) is 5.75. The van der Waals surface area contributed by atoms with Gasteiger partial charge >= 0.3 is 31.7 Å². The third-order valence-corrected chi connectivity index (χ3v) is 13.7. The monoisotopic (exact) mass is 1250 g/mol. The van der Waals surface area contributed by atoms with E-state index in [1.807, 2.05) is 0 Å². The van der Waals surface area contributed by atoms with Crippen LogP contribution in [0.4, 0.5) is 17.3 Å². The molecule has 2 aromatic carbocycles. The number of carboxylic acid groups (broad SMARTS) is 5. The predicted octanol–water partition coefficient (Wildman–Crippen LogP) is -4.99. The normalized spacial score (nSPS) is 14.8. The molecule has 0 radical (unpaired) electrons. The number of H-pyrrole nitrogens is 1. The van der Waals surface area contributed by atoms with E-state index >= 15 is 0 Å². The van der Waals surface area contributed by atoms with E-state index in [2.05, 4.69) is 35.9 Å². The van der Waals surface area contributed by atoms with Crippen LogP contribution in [0.1, 0.15) is 79.4 Å². The average Bonchev–Trinajstić information content (AvgIpc) is 3.55. The largest absolute Gasteiger partial charge is 3.00 e. The molecule has 31 heteroatoms. The van der Waals surface area contributed by atoms with Crippen molar-refractivity contribution in [3.05, 3.63) is 78.1 Å². The molecule has 1 saturated heterocycles. The number of nitrogen functional groups attached to an aromatic ring is 1. The van der Waals surface area contributed by atoms with E-state index in [1.54, 1.807) is 17.0 Å². The molecule has 0 aliphatic carbocycles. The molecule has 2 atom stereocenters. The molecule has 5 rings (SSSR count). The first kappa shape index (κ1) is 70.3. The number of hydrogen-bond acceptors (Lipinski definition) is 26. The fourth-order valence-electron chi connectivity index (χ4n) is 9.21. The van der Waals surface area contributed by atoms with Gasteiger partial charge in [-0.25, -0.2) is 14.8 Å². The fourth-order valence-corrected chi connectivity index (χ4v) is 9.21. The molecule has 1 fully saturated rings. The Hall–Kier alpha value is -7.23. The van der Waals surface area contributed by atoms with Gasteiger partial charge in [0.05, 0.1) is 68.5 Å². The van der Waals surface area contributed by atoms with Crippen molar-refractivity contribution in [1.82, 2.24) is 44.9 Å². The number of aliphatic carboxylic acids is 5. The minimum absolute atomic E-state index is 0. The number of nitrogens with one attached hydrogen (secondary N) is 4. The Morgan fingerprint density at radius 1 is 0.659 bits per heavy atom. The van der Waals surface area contributed by atoms with Crippen LogP contribution in [0.15, 0.2) is 44.8 Å². The number of carbonyl (C=O) groups excluding carboxylic acids is 5. The van der Waals surface area contributed by atoms with Crippen molar-refractivity contribution in [1.29, 1.82) is 0 Å². The number of ether oxygens (including phenoxy) is 3. The van der Waals surface area contributed by atoms with Crippen molar-refractivity contribution in [2.45, 2.75) is 82.8 Å². The van der Waals surface area contributed by atoms with E-state index in [-0.39, 0.29) is 151 Å². The zero-order chi connectivity index (χ0) is 61.0. The molecule has 0 spiro atoms. The van der Waals surface area contributed by atoms with Crippen LogP contribution in [-0.2, 0) is 55.9 Å². The molecule has 1 aliphatic heterocycles. The third-order valence-electron chi connectivity index (χ3n) is 13.7. The second kappa shape index (κ2) is 37.3. The molecule has 4 aromatic rings. The van der Waals surface area contributed by atoms with Crippen LogP contribution >= 0.6 is 0 Å². The van der Waals surface area contributed by atoms with Crippen LogP contribution in [0.3, 0.4) is 0 Å². The molecule has 85 heavy (non-hydrogen) atoms. The number of aromatic amines is 1. The van der Waals surface area contributed by atoms with Crippen LogP contribution in [0.5, 0.6) is 0 Å². The van der Waals surface area contributed by atoms with Gasteiger partial charge in [0.2, 0.25) is 16.8 Å². The van der Waals surface area contributed by atoms with Crippen molar-refractivity contribution in [2.24, 2.45) is 0 Å². The quantitative estimate of drug-likeness (QED) is 0.0126. The second-order valence-electron chi connectivity index (χ2n) is 20.0. The predicted molar refractivity (Wildman–Crippen MR) is 301 cm³/mol. The summed E-state index contributed by atoms with van der Waals surface area (Å²) in [5.74, 6) is -7.36. The van der Waals surface area contributed by atoms with E-state index in [1.165, 1.54) is 33.0 Å². The minimum Gasteiger partial charge on any atom is -0.549 e. The molecule has 8 N–H and O–H groups in total. The number of carbonyl (C=O) groups is 7. The maximum absolute atomic E-state index is 12.9. The Bertz CT molecular complexity index is 2930. The molecule has 3 heterocycles. The molecular weight excluding hydrogens is 1170 g/mol. The molecule has 1 aliphatic rings. The minimum atomic E-state index is -1.37. The number of fused-ring (bicyclic) bond motifs is 1. The molecule has 30 nitrogen and oxygen atoms in total. The van der Waals surface area contributed by atoms with Crippen LogP contribution in [-0.4, -0.2) is 241 Å². The number of anilines is 3. The number of rotatable bonds is 38. The Balaban J connectivity index is 0.0000155. The number of carboxylic acids is 5. The fraction of sp³-hybridized carbons (Fsp3) is 0.574. The van der Waals surface area contributed by atoms with E-state index in [9.17, 15) is 73.5 Å². The Labute approximate surface area is 501 Å². The Morgan fingerprint density at radius 2 is 1.21 bits per heavy atom. The number of aromatic nitrogens is 4. The van der Waals surface area contributed by atoms with Gasteiger partial charge in [-0.3, -0.25) is 53.4 Å². The zero-order valence-electron chi connectivity index (χ0n) is 47.3. The standard InChI is InChI=1S/C54H76N12O18.Ga/c55-54-61-49-46(51(77)62-54)59-37(31-58-49)30-57-36-11-9-35(10-12-36)50(76)60-40(52(78)79)14-13-38(67)6-1-3-24-82-26-28-84-29-27-83-25-4-2-7-39-45(48(75)47(39)74)56-15-5-8-41(53(80)81)66-22-20-64(33-43(70)71)18-16-63(32-42(68)69)17-19-65(21-23-66)34-44(72)73;/h9-12,31,40-41,56-57H,1-8,13-30,32-34H2,(H,60,76)(H,68,69)(H,70,71)(H,72,73)(H,78,79)(H,80,81)(H3,55,58,61,62,77);/q;+3/p-3/t40-,41?;/m0./s1. The summed E-state index contributed by atoms with van der Waals surface area (Å²) in [6, 6.07) is 3.91.